The van der Waals surface area contributed by atoms with E-state index in [0.29, 0.717) is 25.7 Å². The average Bonchev–Trinajstić information content (AvgIpc) is 3.97. The number of aliphatic hydroxyl groups excluding tert-OH is 1. The Morgan fingerprint density at radius 1 is 0.776 bits per heavy atom. The number of rotatable bonds is 28. The van der Waals surface area contributed by atoms with E-state index in [-0.39, 0.29) is 57.1 Å². The maximum atomic E-state index is 14.2. The van der Waals surface area contributed by atoms with Crippen LogP contribution in [0.15, 0.2) is 22.5 Å². The predicted octanol–water partition coefficient (Wildman–Crippen LogP) is -1.47. The van der Waals surface area contributed by atoms with Crippen molar-refractivity contribution in [2.45, 2.75) is 168 Å². The summed E-state index contributed by atoms with van der Waals surface area (Å²) < 4.78 is 0. The van der Waals surface area contributed by atoms with E-state index >= 15 is 0 Å². The first-order valence-electron chi connectivity index (χ1n) is 23.0. The molecule has 0 saturated carbocycles. The van der Waals surface area contributed by atoms with Gasteiger partial charge >= 0.3 is 0 Å². The zero-order chi connectivity index (χ0) is 50.5. The Kier molecular flexibility index (Phi) is 24.3. The predicted molar refractivity (Wildman–Crippen MR) is 252 cm³/mol. The van der Waals surface area contributed by atoms with Crippen LogP contribution in [-0.4, -0.2) is 137 Å². The molecule has 0 unspecified atom stereocenters. The van der Waals surface area contributed by atoms with Crippen molar-refractivity contribution < 1.29 is 48.3 Å². The Labute approximate surface area is 396 Å². The highest BCUT2D eigenvalue weighted by atomic mass is 32.1. The number of amides is 9. The molecule has 1 aliphatic rings. The molecule has 376 valence electrons. The molecule has 10 atom stereocenters. The van der Waals surface area contributed by atoms with Gasteiger partial charge in [-0.3, -0.25) is 48.1 Å². The zero-order valence-electron chi connectivity index (χ0n) is 40.0. The third-order valence-electron chi connectivity index (χ3n) is 11.3. The third-order valence-corrected chi connectivity index (χ3v) is 12.2. The molecular weight excluding hydrogens is 889 g/mol. The average molecular weight is 963 g/mol. The van der Waals surface area contributed by atoms with Gasteiger partial charge in [0.25, 0.3) is 0 Å². The number of guanidine groups is 1. The molecular formula is C44H74N12O10S. The molecule has 23 heteroatoms. The molecule has 2 heterocycles. The van der Waals surface area contributed by atoms with Crippen molar-refractivity contribution in [2.24, 2.45) is 34.0 Å². The van der Waals surface area contributed by atoms with E-state index < -0.39 is 114 Å². The Morgan fingerprint density at radius 2 is 1.37 bits per heavy atom. The SMILES string of the molecule is CCC[C@H](NC(=O)[C@@H](NC(=O)[C@@H](CC(C)C)NC(=O)[C@H](Cc1cccs1)NC(C)=O)[C@@H](C)O)C(=O)N[C@H](C(=O)N[C@@H](CCCN=C(N)N)C(=O)N1CCC[C@H]1C(=O)N[C@H](C)C(N)=O)[C@@H](C)CC. The van der Waals surface area contributed by atoms with E-state index in [0.717, 1.165) is 4.88 Å². The van der Waals surface area contributed by atoms with Gasteiger partial charge in [0.15, 0.2) is 5.96 Å². The van der Waals surface area contributed by atoms with Crippen molar-refractivity contribution in [1.29, 1.82) is 0 Å². The number of primary amides is 1. The number of nitrogens with zero attached hydrogens (tertiary/aromatic N) is 2. The van der Waals surface area contributed by atoms with Crippen LogP contribution in [0.25, 0.3) is 0 Å². The van der Waals surface area contributed by atoms with Crippen LogP contribution in [0.5, 0.6) is 0 Å². The number of nitrogens with two attached hydrogens (primary N) is 3. The number of likely N-dealkylation sites (tertiary alicyclic amines) is 1. The molecule has 14 N–H and O–H groups in total. The summed E-state index contributed by atoms with van der Waals surface area (Å²) in [6.07, 6.45) is 0.826. The Hall–Kier alpha value is -5.84. The molecule has 0 spiro atoms. The van der Waals surface area contributed by atoms with Crippen molar-refractivity contribution >= 4 is 70.5 Å². The van der Waals surface area contributed by atoms with Crippen LogP contribution in [0.3, 0.4) is 0 Å². The van der Waals surface area contributed by atoms with Crippen LogP contribution in [0.4, 0.5) is 0 Å². The number of aliphatic imine (C=N–C) groups is 1. The third kappa shape index (κ3) is 19.1. The number of hydrogen-bond donors (Lipinski definition) is 11. The van der Waals surface area contributed by atoms with Gasteiger partial charge in [-0.15, -0.1) is 11.3 Å². The van der Waals surface area contributed by atoms with Crippen LogP contribution in [0, 0.1) is 11.8 Å². The Morgan fingerprint density at radius 3 is 1.93 bits per heavy atom. The van der Waals surface area contributed by atoms with Crippen molar-refractivity contribution in [1.82, 2.24) is 42.1 Å². The van der Waals surface area contributed by atoms with Gasteiger partial charge in [0, 0.05) is 31.3 Å². The second-order valence-corrected chi connectivity index (χ2v) is 18.5. The smallest absolute Gasteiger partial charge is 0.245 e. The number of carbonyl (C=O) groups is 9. The molecule has 1 fully saturated rings. The highest BCUT2D eigenvalue weighted by molar-refractivity contribution is 7.09. The van der Waals surface area contributed by atoms with Crippen molar-refractivity contribution in [2.75, 3.05) is 13.1 Å². The summed E-state index contributed by atoms with van der Waals surface area (Å²) in [5.74, 6) is -6.89. The largest absolute Gasteiger partial charge is 0.391 e. The van der Waals surface area contributed by atoms with E-state index in [9.17, 15) is 48.3 Å². The van der Waals surface area contributed by atoms with Crippen LogP contribution in [0.2, 0.25) is 0 Å². The second kappa shape index (κ2) is 28.4. The Bertz CT molecular complexity index is 1880. The summed E-state index contributed by atoms with van der Waals surface area (Å²) in [5, 5.41) is 31.1. The van der Waals surface area contributed by atoms with Gasteiger partial charge in [-0.2, -0.15) is 0 Å². The first-order chi connectivity index (χ1) is 31.5. The fraction of sp³-hybridized carbons (Fsp3) is 0.682. The monoisotopic (exact) mass is 963 g/mol. The lowest BCUT2D eigenvalue weighted by molar-refractivity contribution is -0.142. The fourth-order valence-corrected chi connectivity index (χ4v) is 8.15. The van der Waals surface area contributed by atoms with Gasteiger partial charge in [0.2, 0.25) is 53.2 Å². The molecule has 1 aromatic rings. The standard InChI is InChI=1S/C44H74N12O10S/c1-9-14-29(51-42(65)35(26(7)57)55-39(62)31(21-23(3)4)53-38(61)32(50-27(8)58)22-28-15-13-20-67-28)37(60)54-34(24(5)10-2)41(64)52-30(16-11-18-48-44(46)47)43(66)56-19-12-17-33(56)40(63)49-25(6)36(45)59/h13,15,20,23-26,29-35,57H,9-12,14,16-19,21-22H2,1-8H3,(H2,45,59)(H,49,63)(H,50,58)(H,51,65)(H,52,64)(H,53,61)(H,54,60)(H,55,62)(H4,46,47,48)/t24-,25+,26+,29-,30-,31+,32-,33-,34-,35-/m0/s1. The fourth-order valence-electron chi connectivity index (χ4n) is 7.40. The van der Waals surface area contributed by atoms with Crippen LogP contribution in [-0.2, 0) is 49.6 Å². The lowest BCUT2D eigenvalue weighted by atomic mass is 9.96. The van der Waals surface area contributed by atoms with Gasteiger partial charge in [0.05, 0.1) is 6.10 Å². The zero-order valence-corrected chi connectivity index (χ0v) is 40.8. The van der Waals surface area contributed by atoms with Crippen molar-refractivity contribution in [3.63, 3.8) is 0 Å². The van der Waals surface area contributed by atoms with Crippen molar-refractivity contribution in [3.05, 3.63) is 22.4 Å². The summed E-state index contributed by atoms with van der Waals surface area (Å²) in [5.41, 5.74) is 16.3. The molecule has 0 aromatic carbocycles. The van der Waals surface area contributed by atoms with Crippen LogP contribution >= 0.6 is 11.3 Å². The van der Waals surface area contributed by atoms with E-state index in [1.54, 1.807) is 20.8 Å². The van der Waals surface area contributed by atoms with Gasteiger partial charge in [-0.05, 0) is 75.7 Å². The van der Waals surface area contributed by atoms with Gasteiger partial charge in [-0.1, -0.05) is 53.5 Å². The van der Waals surface area contributed by atoms with E-state index in [4.69, 9.17) is 17.2 Å². The first-order valence-corrected chi connectivity index (χ1v) is 23.8. The first kappa shape index (κ1) is 57.3. The molecule has 1 saturated heterocycles. The van der Waals surface area contributed by atoms with Gasteiger partial charge in [-0.25, -0.2) is 0 Å². The maximum absolute atomic E-state index is 14.2. The number of nitrogens with one attached hydrogen (secondary N) is 7. The van der Waals surface area contributed by atoms with Gasteiger partial charge in [0.1, 0.15) is 48.3 Å². The molecule has 1 aromatic heterocycles. The summed E-state index contributed by atoms with van der Waals surface area (Å²) in [6.45, 7) is 13.2. The molecule has 67 heavy (non-hydrogen) atoms. The Balaban J connectivity index is 2.32. The minimum atomic E-state index is -1.58. The molecule has 22 nitrogen and oxygen atoms in total. The topological polar surface area (TPSA) is 352 Å². The normalized spacial score (nSPS) is 17.5. The molecule has 0 radical (unpaired) electrons. The number of aliphatic hydroxyl groups is 1. The molecule has 2 rings (SSSR count). The van der Waals surface area contributed by atoms with E-state index in [2.05, 4.69) is 42.2 Å². The minimum absolute atomic E-state index is 0.0543. The molecule has 1 aliphatic heterocycles. The lowest BCUT2D eigenvalue weighted by Crippen LogP contribution is -2.62. The highest BCUT2D eigenvalue weighted by Crippen LogP contribution is 2.21. The maximum Gasteiger partial charge on any atom is 0.245 e. The summed E-state index contributed by atoms with van der Waals surface area (Å²) in [7, 11) is 0. The summed E-state index contributed by atoms with van der Waals surface area (Å²) in [6, 6.07) is -5.71. The summed E-state index contributed by atoms with van der Waals surface area (Å²) in [4.78, 5) is 127. The van der Waals surface area contributed by atoms with Gasteiger partial charge < -0.3 is 64.4 Å². The lowest BCUT2D eigenvalue weighted by Gasteiger charge is -2.32. The number of hydrogen-bond acceptors (Lipinski definition) is 12. The van der Waals surface area contributed by atoms with Crippen molar-refractivity contribution in [3.8, 4) is 0 Å². The van der Waals surface area contributed by atoms with E-state index in [1.807, 2.05) is 31.4 Å². The molecule has 0 aliphatic carbocycles. The summed E-state index contributed by atoms with van der Waals surface area (Å²) >= 11 is 1.40. The van der Waals surface area contributed by atoms with E-state index in [1.165, 1.54) is 37.0 Å². The minimum Gasteiger partial charge on any atom is -0.391 e. The second-order valence-electron chi connectivity index (χ2n) is 17.5. The highest BCUT2D eigenvalue weighted by Gasteiger charge is 2.40. The number of carbonyl (C=O) groups excluding carboxylic acids is 9. The quantitative estimate of drug-likeness (QED) is 0.0261. The molecule has 0 bridgehead atoms. The van der Waals surface area contributed by atoms with Crippen LogP contribution < -0.4 is 54.4 Å². The van der Waals surface area contributed by atoms with Crippen LogP contribution in [0.1, 0.15) is 112 Å². The molecule has 9 amide bonds. The number of thiophene rings is 1.